The van der Waals surface area contributed by atoms with E-state index in [1.165, 1.54) is 6.20 Å². The van der Waals surface area contributed by atoms with Crippen molar-refractivity contribution in [3.63, 3.8) is 0 Å². The highest BCUT2D eigenvalue weighted by atomic mass is 32.2. The standard InChI is InChI=1S/C25H27N3O4S/c1-15-13-27-24(14-26-15)28-25(30)22(11-16-2-6-19(29)10-16)18-5-9-23(21(12-18)17-3-4-17)33(31,32)20-7-8-20/h5,9,11-14,16-17,20H,2-4,6-8,10H2,1H3,(H,27,28,30)/b22-11+/t16-/m0/s1. The van der Waals surface area contributed by atoms with Crippen molar-refractivity contribution in [1.29, 1.82) is 0 Å². The summed E-state index contributed by atoms with van der Waals surface area (Å²) >= 11 is 0. The Balaban J connectivity index is 1.52. The Labute approximate surface area is 193 Å². The monoisotopic (exact) mass is 465 g/mol. The maximum absolute atomic E-state index is 13.3. The molecule has 3 aliphatic rings. The van der Waals surface area contributed by atoms with Gasteiger partial charge >= 0.3 is 0 Å². The molecule has 0 saturated heterocycles. The molecule has 172 valence electrons. The van der Waals surface area contributed by atoms with Gasteiger partial charge in [0.2, 0.25) is 0 Å². The van der Waals surface area contributed by atoms with Crippen LogP contribution in [0.4, 0.5) is 5.82 Å². The van der Waals surface area contributed by atoms with Gasteiger partial charge in [0.05, 0.1) is 28.2 Å². The van der Waals surface area contributed by atoms with Crippen molar-refractivity contribution in [1.82, 2.24) is 9.97 Å². The van der Waals surface area contributed by atoms with Crippen molar-refractivity contribution in [3.8, 4) is 0 Å². The molecule has 1 aromatic heterocycles. The number of rotatable bonds is 7. The average molecular weight is 466 g/mol. The lowest BCUT2D eigenvalue weighted by atomic mass is 9.95. The van der Waals surface area contributed by atoms with Crippen LogP contribution in [-0.4, -0.2) is 35.3 Å². The number of anilines is 1. The van der Waals surface area contributed by atoms with E-state index in [1.807, 2.05) is 19.1 Å². The molecule has 1 heterocycles. The van der Waals surface area contributed by atoms with Crippen LogP contribution in [0, 0.1) is 12.8 Å². The van der Waals surface area contributed by atoms with Gasteiger partial charge in [-0.05, 0) is 74.1 Å². The quantitative estimate of drug-likeness (QED) is 0.620. The van der Waals surface area contributed by atoms with Crippen molar-refractivity contribution in [2.75, 3.05) is 5.32 Å². The van der Waals surface area contributed by atoms with E-state index in [9.17, 15) is 18.0 Å². The first kappa shape index (κ1) is 21.9. The van der Waals surface area contributed by atoms with E-state index >= 15 is 0 Å². The van der Waals surface area contributed by atoms with E-state index in [4.69, 9.17) is 0 Å². The summed E-state index contributed by atoms with van der Waals surface area (Å²) in [6, 6.07) is 5.27. The number of allylic oxidation sites excluding steroid dienone is 1. The van der Waals surface area contributed by atoms with Gasteiger partial charge in [-0.3, -0.25) is 14.6 Å². The maximum atomic E-state index is 13.3. The lowest BCUT2D eigenvalue weighted by Crippen LogP contribution is -2.17. The number of ketones is 1. The van der Waals surface area contributed by atoms with E-state index < -0.39 is 9.84 Å². The van der Waals surface area contributed by atoms with Gasteiger partial charge < -0.3 is 5.32 Å². The average Bonchev–Trinajstić information content (AvgIpc) is 3.70. The lowest BCUT2D eigenvalue weighted by molar-refractivity contribution is -0.117. The number of amides is 1. The highest BCUT2D eigenvalue weighted by Gasteiger charge is 2.40. The van der Waals surface area contributed by atoms with Crippen molar-refractivity contribution < 1.29 is 18.0 Å². The zero-order valence-corrected chi connectivity index (χ0v) is 19.4. The second-order valence-corrected chi connectivity index (χ2v) is 11.6. The van der Waals surface area contributed by atoms with Crippen molar-refractivity contribution >= 4 is 32.9 Å². The molecule has 3 fully saturated rings. The number of hydrogen-bond donors (Lipinski definition) is 1. The third kappa shape index (κ3) is 4.76. The van der Waals surface area contributed by atoms with E-state index in [0.717, 1.165) is 36.9 Å². The lowest BCUT2D eigenvalue weighted by Gasteiger charge is -2.15. The molecule has 3 saturated carbocycles. The summed E-state index contributed by atoms with van der Waals surface area (Å²) in [6.45, 7) is 1.82. The van der Waals surface area contributed by atoms with Gasteiger partial charge in [-0.1, -0.05) is 12.1 Å². The van der Waals surface area contributed by atoms with Crippen LogP contribution < -0.4 is 5.32 Å². The number of aryl methyl sites for hydroxylation is 1. The van der Waals surface area contributed by atoms with Crippen LogP contribution in [0.2, 0.25) is 0 Å². The Kier molecular flexibility index (Phi) is 5.64. The molecule has 33 heavy (non-hydrogen) atoms. The molecular formula is C25H27N3O4S. The van der Waals surface area contributed by atoms with Gasteiger partial charge in [-0.25, -0.2) is 13.4 Å². The molecule has 0 aliphatic heterocycles. The Bertz CT molecular complexity index is 1240. The van der Waals surface area contributed by atoms with Crippen molar-refractivity contribution in [3.05, 3.63) is 53.5 Å². The second-order valence-electron chi connectivity index (χ2n) is 9.39. The first-order valence-corrected chi connectivity index (χ1v) is 13.1. The molecule has 1 atom stereocenters. The molecular weight excluding hydrogens is 438 g/mol. The smallest absolute Gasteiger partial charge is 0.257 e. The van der Waals surface area contributed by atoms with Crippen LogP contribution in [0.15, 0.2) is 41.6 Å². The fraction of sp³-hybridized carbons (Fsp3) is 0.440. The normalized spacial score (nSPS) is 21.3. The van der Waals surface area contributed by atoms with Gasteiger partial charge in [0, 0.05) is 18.4 Å². The van der Waals surface area contributed by atoms with Gasteiger partial charge in [0.15, 0.2) is 15.7 Å². The van der Waals surface area contributed by atoms with E-state index in [-0.39, 0.29) is 28.8 Å². The highest BCUT2D eigenvalue weighted by Crippen LogP contribution is 2.46. The number of nitrogens with zero attached hydrogens (tertiary/aromatic N) is 2. The molecule has 8 heteroatoms. The zero-order chi connectivity index (χ0) is 23.2. The summed E-state index contributed by atoms with van der Waals surface area (Å²) in [6.07, 6.45) is 9.95. The Hall–Kier alpha value is -2.87. The number of carbonyl (C=O) groups excluding carboxylic acids is 2. The minimum absolute atomic E-state index is 0.0124. The first-order chi connectivity index (χ1) is 15.8. The Morgan fingerprint density at radius 2 is 1.88 bits per heavy atom. The number of carbonyl (C=O) groups is 2. The Morgan fingerprint density at radius 1 is 1.09 bits per heavy atom. The van der Waals surface area contributed by atoms with E-state index in [1.54, 1.807) is 18.3 Å². The predicted molar refractivity (Wildman–Crippen MR) is 124 cm³/mol. The van der Waals surface area contributed by atoms with Gasteiger partial charge in [-0.2, -0.15) is 0 Å². The number of benzene rings is 1. The maximum Gasteiger partial charge on any atom is 0.257 e. The van der Waals surface area contributed by atoms with Crippen LogP contribution in [-0.2, 0) is 19.4 Å². The number of Topliss-reactive ketones (excluding diaryl/α,β-unsaturated/α-hetero) is 1. The van der Waals surface area contributed by atoms with Crippen molar-refractivity contribution in [2.45, 2.75) is 67.9 Å². The summed E-state index contributed by atoms with van der Waals surface area (Å²) in [5.74, 6) is 0.404. The topological polar surface area (TPSA) is 106 Å². The van der Waals surface area contributed by atoms with Crippen LogP contribution in [0.3, 0.4) is 0 Å². The molecule has 0 radical (unpaired) electrons. The summed E-state index contributed by atoms with van der Waals surface area (Å²) in [5, 5.41) is 2.53. The second kappa shape index (κ2) is 8.48. The number of nitrogens with one attached hydrogen (secondary N) is 1. The van der Waals surface area contributed by atoms with E-state index in [2.05, 4.69) is 15.3 Å². The predicted octanol–water partition coefficient (Wildman–Crippen LogP) is 3.99. The first-order valence-electron chi connectivity index (χ1n) is 11.5. The van der Waals surface area contributed by atoms with E-state index in [0.29, 0.717) is 41.1 Å². The minimum Gasteiger partial charge on any atom is -0.305 e. The molecule has 1 N–H and O–H groups in total. The highest BCUT2D eigenvalue weighted by molar-refractivity contribution is 7.92. The molecule has 0 bridgehead atoms. The number of aromatic nitrogens is 2. The molecule has 0 unspecified atom stereocenters. The molecule has 1 amide bonds. The number of sulfone groups is 1. The van der Waals surface area contributed by atoms with Crippen LogP contribution in [0.1, 0.15) is 67.7 Å². The Morgan fingerprint density at radius 3 is 2.48 bits per heavy atom. The van der Waals surface area contributed by atoms with Crippen molar-refractivity contribution in [2.24, 2.45) is 5.92 Å². The van der Waals surface area contributed by atoms with Gasteiger partial charge in [-0.15, -0.1) is 0 Å². The largest absolute Gasteiger partial charge is 0.305 e. The van der Waals surface area contributed by atoms with Crippen LogP contribution in [0.5, 0.6) is 0 Å². The summed E-state index contributed by atoms with van der Waals surface area (Å²) in [5.41, 5.74) is 2.67. The third-order valence-electron chi connectivity index (χ3n) is 6.56. The van der Waals surface area contributed by atoms with Crippen LogP contribution in [0.25, 0.3) is 5.57 Å². The third-order valence-corrected chi connectivity index (χ3v) is 8.89. The fourth-order valence-corrected chi connectivity index (χ4v) is 6.34. The molecule has 5 rings (SSSR count). The minimum atomic E-state index is -3.33. The van der Waals surface area contributed by atoms with Crippen LogP contribution >= 0.6 is 0 Å². The molecule has 1 aromatic carbocycles. The molecule has 7 nitrogen and oxygen atoms in total. The van der Waals surface area contributed by atoms with Gasteiger partial charge in [0.1, 0.15) is 5.78 Å². The summed E-state index contributed by atoms with van der Waals surface area (Å²) in [4.78, 5) is 33.9. The van der Waals surface area contributed by atoms with Gasteiger partial charge in [0.25, 0.3) is 5.91 Å². The zero-order valence-electron chi connectivity index (χ0n) is 18.6. The summed E-state index contributed by atoms with van der Waals surface area (Å²) in [7, 11) is -3.33. The molecule has 3 aliphatic carbocycles. The molecule has 0 spiro atoms. The summed E-state index contributed by atoms with van der Waals surface area (Å²) < 4.78 is 26.0. The SMILES string of the molecule is Cc1cnc(NC(=O)/C(=C/[C@H]2CCC(=O)C2)c2ccc(S(=O)(=O)C3CC3)c(C3CC3)c2)cn1. The fourth-order valence-electron chi connectivity index (χ4n) is 4.41. The molecule has 2 aromatic rings. The number of hydrogen-bond acceptors (Lipinski definition) is 6.